The predicted octanol–water partition coefficient (Wildman–Crippen LogP) is -0.730. The topological polar surface area (TPSA) is 83.1 Å². The predicted molar refractivity (Wildman–Crippen MR) is 84.4 cm³/mol. The molecule has 0 aromatic carbocycles. The third-order valence-corrected chi connectivity index (χ3v) is 6.59. The molecule has 2 N–H and O–H groups in total. The van der Waals surface area contributed by atoms with Crippen molar-refractivity contribution in [3.63, 3.8) is 0 Å². The monoisotopic (exact) mass is 338 g/mol. The van der Waals surface area contributed by atoms with E-state index in [4.69, 9.17) is 9.68 Å². The summed E-state index contributed by atoms with van der Waals surface area (Å²) in [4.78, 5) is 35.0. The largest absolute Gasteiger partial charge is 0.438 e. The number of nitrogens with zero attached hydrogens (tertiary/aromatic N) is 2. The Hall–Kier alpha value is -1.22. The fourth-order valence-corrected chi connectivity index (χ4v) is 4.66. The maximum absolute atomic E-state index is 12.2. The summed E-state index contributed by atoms with van der Waals surface area (Å²) in [6.07, 6.45) is 1.85. The van der Waals surface area contributed by atoms with Crippen molar-refractivity contribution in [3.05, 3.63) is 0 Å². The Balaban J connectivity index is 1.33. The fraction of sp³-hybridized carbons (Fsp3) is 0.875. The van der Waals surface area contributed by atoms with E-state index >= 15 is 0 Å². The number of rotatable bonds is 2. The van der Waals surface area contributed by atoms with Crippen molar-refractivity contribution < 1.29 is 19.3 Å². The molecule has 24 heavy (non-hydrogen) atoms. The molecule has 4 aliphatic heterocycles. The van der Waals surface area contributed by atoms with Crippen LogP contribution in [0.2, 0.25) is 0 Å². The average molecular weight is 338 g/mol. The van der Waals surface area contributed by atoms with Crippen LogP contribution in [-0.2, 0) is 19.3 Å². The van der Waals surface area contributed by atoms with Gasteiger partial charge in [0, 0.05) is 26.2 Å². The molecule has 4 atom stereocenters. The van der Waals surface area contributed by atoms with Crippen molar-refractivity contribution in [2.75, 3.05) is 39.3 Å². The SMILES string of the molecule is C[C@H]1CN(OC(=O)C(=O)ON2C[C@H](C)[C@@]23CCNC3)[C@]12CCNC2. The zero-order chi connectivity index (χ0) is 16.9. The normalized spacial score (nSPS) is 42.1. The van der Waals surface area contributed by atoms with E-state index in [2.05, 4.69) is 24.5 Å². The molecule has 134 valence electrons. The molecule has 0 aromatic heterocycles. The van der Waals surface area contributed by atoms with Gasteiger partial charge in [-0.15, -0.1) is 10.1 Å². The molecule has 0 radical (unpaired) electrons. The summed E-state index contributed by atoms with van der Waals surface area (Å²) in [5, 5.41) is 9.92. The summed E-state index contributed by atoms with van der Waals surface area (Å²) in [5.41, 5.74) is -0.310. The first-order chi connectivity index (χ1) is 11.5. The number of hydroxylamine groups is 4. The van der Waals surface area contributed by atoms with Gasteiger partial charge in [-0.25, -0.2) is 9.59 Å². The molecule has 0 aliphatic carbocycles. The zero-order valence-electron chi connectivity index (χ0n) is 14.3. The highest BCUT2D eigenvalue weighted by Gasteiger charge is 2.57. The molecule has 8 heteroatoms. The van der Waals surface area contributed by atoms with E-state index in [0.29, 0.717) is 24.9 Å². The van der Waals surface area contributed by atoms with Crippen LogP contribution in [0, 0.1) is 11.8 Å². The lowest BCUT2D eigenvalue weighted by molar-refractivity contribution is -0.296. The second-order valence-electron chi connectivity index (χ2n) is 7.74. The van der Waals surface area contributed by atoms with Gasteiger partial charge in [0.1, 0.15) is 0 Å². The van der Waals surface area contributed by atoms with Crippen molar-refractivity contribution in [2.45, 2.75) is 37.8 Å². The van der Waals surface area contributed by atoms with Crippen LogP contribution in [0.1, 0.15) is 26.7 Å². The van der Waals surface area contributed by atoms with E-state index in [0.717, 1.165) is 39.0 Å². The van der Waals surface area contributed by atoms with Gasteiger partial charge in [0.25, 0.3) is 0 Å². The average Bonchev–Trinajstić information content (AvgIpc) is 3.25. The Bertz CT molecular complexity index is 494. The highest BCUT2D eigenvalue weighted by atomic mass is 16.8. The van der Waals surface area contributed by atoms with Crippen molar-refractivity contribution in [1.29, 1.82) is 0 Å². The molecule has 4 heterocycles. The lowest BCUT2D eigenvalue weighted by Crippen LogP contribution is -2.69. The molecule has 8 nitrogen and oxygen atoms in total. The first-order valence-corrected chi connectivity index (χ1v) is 8.89. The van der Waals surface area contributed by atoms with Crippen LogP contribution >= 0.6 is 0 Å². The Kier molecular flexibility index (Phi) is 3.83. The van der Waals surface area contributed by atoms with Crippen molar-refractivity contribution in [3.8, 4) is 0 Å². The smallest absolute Gasteiger partial charge is 0.358 e. The lowest BCUT2D eigenvalue weighted by Gasteiger charge is -2.54. The summed E-state index contributed by atoms with van der Waals surface area (Å²) >= 11 is 0. The number of hydrogen-bond acceptors (Lipinski definition) is 8. The van der Waals surface area contributed by atoms with E-state index in [1.54, 1.807) is 10.1 Å². The second kappa shape index (κ2) is 5.66. The maximum atomic E-state index is 12.2. The van der Waals surface area contributed by atoms with Gasteiger partial charge in [-0.1, -0.05) is 13.8 Å². The summed E-state index contributed by atoms with van der Waals surface area (Å²) in [6.45, 7) is 9.00. The third-order valence-electron chi connectivity index (χ3n) is 6.59. The van der Waals surface area contributed by atoms with Crippen LogP contribution in [0.4, 0.5) is 0 Å². The van der Waals surface area contributed by atoms with Crippen LogP contribution in [0.25, 0.3) is 0 Å². The number of carbonyl (C=O) groups is 2. The quantitative estimate of drug-likeness (QED) is 0.638. The van der Waals surface area contributed by atoms with Gasteiger partial charge in [0.15, 0.2) is 0 Å². The van der Waals surface area contributed by atoms with Crippen molar-refractivity contribution in [1.82, 2.24) is 20.8 Å². The van der Waals surface area contributed by atoms with Crippen LogP contribution in [0.3, 0.4) is 0 Å². The van der Waals surface area contributed by atoms with Crippen LogP contribution in [0.15, 0.2) is 0 Å². The molecule has 2 spiro atoms. The van der Waals surface area contributed by atoms with Gasteiger partial charge in [0.2, 0.25) is 0 Å². The molecule has 0 amide bonds. The molecule has 0 saturated carbocycles. The molecule has 0 aromatic rings. The summed E-state index contributed by atoms with van der Waals surface area (Å²) in [5.74, 6) is -0.955. The second-order valence-corrected chi connectivity index (χ2v) is 7.74. The standard InChI is InChI=1S/C16H26N4O4/c1-11-7-19(15(11)3-5-17-9-15)23-13(21)14(22)24-20-8-12(2)16(20)4-6-18-10-16/h11-12,17-18H,3-10H2,1-2H3/t11-,12-,15-,16-/m0/s1. The molecular weight excluding hydrogens is 312 g/mol. The highest BCUT2D eigenvalue weighted by molar-refractivity contribution is 6.29. The van der Waals surface area contributed by atoms with Gasteiger partial charge in [-0.05, 0) is 37.8 Å². The summed E-state index contributed by atoms with van der Waals surface area (Å²) < 4.78 is 0. The molecule has 0 unspecified atom stereocenters. The van der Waals surface area contributed by atoms with Crippen LogP contribution in [0.5, 0.6) is 0 Å². The lowest BCUT2D eigenvalue weighted by atomic mass is 9.76. The Morgan fingerprint density at radius 3 is 1.58 bits per heavy atom. The van der Waals surface area contributed by atoms with Crippen molar-refractivity contribution in [2.24, 2.45) is 11.8 Å². The molecular formula is C16H26N4O4. The fourth-order valence-electron chi connectivity index (χ4n) is 4.66. The van der Waals surface area contributed by atoms with E-state index in [1.165, 1.54) is 0 Å². The van der Waals surface area contributed by atoms with E-state index < -0.39 is 11.9 Å². The third kappa shape index (κ3) is 2.20. The van der Waals surface area contributed by atoms with Gasteiger partial charge in [0.05, 0.1) is 11.1 Å². The minimum atomic E-state index is -0.922. The van der Waals surface area contributed by atoms with Crippen LogP contribution in [-0.4, -0.2) is 72.4 Å². The Labute approximate surface area is 141 Å². The minimum Gasteiger partial charge on any atom is -0.358 e. The van der Waals surface area contributed by atoms with Crippen LogP contribution < -0.4 is 10.6 Å². The number of hydrogen-bond donors (Lipinski definition) is 2. The van der Waals surface area contributed by atoms with Gasteiger partial charge >= 0.3 is 11.9 Å². The zero-order valence-corrected chi connectivity index (χ0v) is 14.3. The Morgan fingerprint density at radius 1 is 0.875 bits per heavy atom. The minimum absolute atomic E-state index is 0.155. The van der Waals surface area contributed by atoms with E-state index in [9.17, 15) is 9.59 Å². The van der Waals surface area contributed by atoms with Gasteiger partial charge < -0.3 is 20.3 Å². The maximum Gasteiger partial charge on any atom is 0.438 e. The summed E-state index contributed by atoms with van der Waals surface area (Å²) in [7, 11) is 0. The summed E-state index contributed by atoms with van der Waals surface area (Å²) in [6, 6.07) is 0. The van der Waals surface area contributed by atoms with Gasteiger partial charge in [-0.2, -0.15) is 0 Å². The number of nitrogens with one attached hydrogen (secondary N) is 2. The molecule has 4 saturated heterocycles. The van der Waals surface area contributed by atoms with E-state index in [1.807, 2.05) is 0 Å². The molecule has 4 fully saturated rings. The molecule has 0 bridgehead atoms. The highest BCUT2D eigenvalue weighted by Crippen LogP contribution is 2.42. The van der Waals surface area contributed by atoms with E-state index in [-0.39, 0.29) is 11.1 Å². The van der Waals surface area contributed by atoms with Crippen molar-refractivity contribution >= 4 is 11.9 Å². The first kappa shape index (κ1) is 16.3. The molecule has 4 aliphatic rings. The number of carbonyl (C=O) groups excluding carboxylic acids is 2. The first-order valence-electron chi connectivity index (χ1n) is 8.89. The molecule has 4 rings (SSSR count). The Morgan fingerprint density at radius 2 is 1.29 bits per heavy atom. The van der Waals surface area contributed by atoms with Gasteiger partial charge in [-0.3, -0.25) is 0 Å².